The fourth-order valence-corrected chi connectivity index (χ4v) is 5.33. The van der Waals surface area contributed by atoms with E-state index in [0.717, 1.165) is 36.3 Å². The molecule has 2 saturated heterocycles. The molecule has 4 unspecified atom stereocenters. The quantitative estimate of drug-likeness (QED) is 0.619. The Morgan fingerprint density at radius 2 is 1.84 bits per heavy atom. The maximum Gasteiger partial charge on any atom is 0.416 e. The first-order chi connectivity index (χ1) is 14.6. The zero-order chi connectivity index (χ0) is 22.6. The van der Waals surface area contributed by atoms with Crippen LogP contribution in [0.2, 0.25) is 0 Å². The summed E-state index contributed by atoms with van der Waals surface area (Å²) in [6.45, 7) is -0.976. The number of amides is 2. The average molecular weight is 440 g/mol. The van der Waals surface area contributed by atoms with Crippen molar-refractivity contribution in [2.45, 2.75) is 55.9 Å². The Hall–Kier alpha value is -2.46. The first-order valence-corrected chi connectivity index (χ1v) is 10.3. The van der Waals surface area contributed by atoms with E-state index >= 15 is 0 Å². The summed E-state index contributed by atoms with van der Waals surface area (Å²) >= 11 is 0. The number of nitrogens with zero attached hydrogens (tertiary/aromatic N) is 1. The summed E-state index contributed by atoms with van der Waals surface area (Å²) in [5.41, 5.74) is -3.05. The second-order valence-corrected chi connectivity index (χ2v) is 8.52. The molecule has 3 fully saturated rings. The van der Waals surface area contributed by atoms with E-state index in [1.54, 1.807) is 0 Å². The van der Waals surface area contributed by atoms with Gasteiger partial charge in [0.15, 0.2) is 5.54 Å². The van der Waals surface area contributed by atoms with Crippen molar-refractivity contribution in [2.24, 2.45) is 11.8 Å². The molecule has 0 spiro atoms. The highest BCUT2D eigenvalue weighted by atomic mass is 19.4. The van der Waals surface area contributed by atoms with Crippen LogP contribution in [0.5, 0.6) is 0 Å². The summed E-state index contributed by atoms with van der Waals surface area (Å²) in [5, 5.41) is 22.5. The fraction of sp³-hybridized carbons (Fsp3) is 0.571. The summed E-state index contributed by atoms with van der Waals surface area (Å²) in [7, 11) is 0. The number of hydrogen-bond donors (Lipinski definition) is 3. The molecule has 4 atom stereocenters. The summed E-state index contributed by atoms with van der Waals surface area (Å²) in [6.07, 6.45) is -0.773. The lowest BCUT2D eigenvalue weighted by molar-refractivity contribution is -0.154. The molecule has 0 aromatic heterocycles. The monoisotopic (exact) mass is 440 g/mol. The molecule has 1 aromatic carbocycles. The van der Waals surface area contributed by atoms with E-state index in [1.165, 1.54) is 12.1 Å². The van der Waals surface area contributed by atoms with E-state index in [1.807, 2.05) is 0 Å². The van der Waals surface area contributed by atoms with Crippen molar-refractivity contribution in [3.05, 3.63) is 35.4 Å². The molecule has 2 amide bonds. The van der Waals surface area contributed by atoms with Crippen LogP contribution in [0.15, 0.2) is 24.3 Å². The van der Waals surface area contributed by atoms with Gasteiger partial charge in [-0.2, -0.15) is 13.2 Å². The maximum absolute atomic E-state index is 13.4. The number of aliphatic hydroxyl groups excluding tert-OH is 1. The van der Waals surface area contributed by atoms with Crippen molar-refractivity contribution < 1.29 is 37.8 Å². The fourth-order valence-electron chi connectivity index (χ4n) is 5.33. The number of imide groups is 1. The largest absolute Gasteiger partial charge is 0.480 e. The number of alkyl halides is 3. The van der Waals surface area contributed by atoms with E-state index in [-0.39, 0.29) is 11.6 Å². The third-order valence-corrected chi connectivity index (χ3v) is 6.83. The Kier molecular flexibility index (Phi) is 5.33. The van der Waals surface area contributed by atoms with Crippen LogP contribution in [0.3, 0.4) is 0 Å². The van der Waals surface area contributed by atoms with Crippen LogP contribution in [0, 0.1) is 11.8 Å². The van der Waals surface area contributed by atoms with Crippen molar-refractivity contribution >= 4 is 17.8 Å². The summed E-state index contributed by atoms with van der Waals surface area (Å²) < 4.78 is 39.7. The van der Waals surface area contributed by atoms with E-state index < -0.39 is 59.5 Å². The summed E-state index contributed by atoms with van der Waals surface area (Å²) in [4.78, 5) is 39.9. The van der Waals surface area contributed by atoms with Gasteiger partial charge in [-0.25, -0.2) is 0 Å². The molecule has 168 valence electrons. The smallest absolute Gasteiger partial charge is 0.416 e. The third-order valence-electron chi connectivity index (χ3n) is 6.83. The van der Waals surface area contributed by atoms with Gasteiger partial charge < -0.3 is 10.2 Å². The number of fused-ring (bicyclic) bond motifs is 1. The van der Waals surface area contributed by atoms with Crippen molar-refractivity contribution in [1.29, 1.82) is 0 Å². The number of halogens is 3. The topological polar surface area (TPSA) is 107 Å². The standard InChI is InChI=1S/C21H23F3N2O5/c22-21(23,24)12-6-4-5-11(9-12)16-14-15(20(10-27,25-16)19(30)31)18(29)26(17(14)28)13-7-2-1-3-8-13/h4-6,9,13-16,25,27H,1-3,7-8,10H2,(H,30,31). The van der Waals surface area contributed by atoms with Crippen LogP contribution >= 0.6 is 0 Å². The molecule has 31 heavy (non-hydrogen) atoms. The van der Waals surface area contributed by atoms with Crippen molar-refractivity contribution in [3.63, 3.8) is 0 Å². The molecule has 2 aliphatic heterocycles. The van der Waals surface area contributed by atoms with Crippen LogP contribution in [-0.4, -0.2) is 51.1 Å². The van der Waals surface area contributed by atoms with E-state index in [0.29, 0.717) is 12.8 Å². The highest BCUT2D eigenvalue weighted by molar-refractivity contribution is 6.09. The molecule has 0 radical (unpaired) electrons. The Labute approximate surface area is 176 Å². The predicted molar refractivity (Wildman–Crippen MR) is 100 cm³/mol. The van der Waals surface area contributed by atoms with Crippen LogP contribution in [0.25, 0.3) is 0 Å². The van der Waals surface area contributed by atoms with Crippen LogP contribution < -0.4 is 5.32 Å². The molecule has 7 nitrogen and oxygen atoms in total. The number of carbonyl (C=O) groups excluding carboxylic acids is 2. The summed E-state index contributed by atoms with van der Waals surface area (Å²) in [6, 6.07) is 2.76. The highest BCUT2D eigenvalue weighted by Crippen LogP contribution is 2.50. The van der Waals surface area contributed by atoms with Gasteiger partial charge in [0.05, 0.1) is 24.0 Å². The lowest BCUT2D eigenvalue weighted by atomic mass is 9.79. The first kappa shape index (κ1) is 21.8. The molecule has 4 rings (SSSR count). The lowest BCUT2D eigenvalue weighted by Crippen LogP contribution is -2.59. The van der Waals surface area contributed by atoms with Gasteiger partial charge >= 0.3 is 12.1 Å². The number of carbonyl (C=O) groups is 3. The number of benzene rings is 1. The molecular formula is C21H23F3N2O5. The number of carboxylic acids is 1. The molecule has 0 bridgehead atoms. The van der Waals surface area contributed by atoms with Crippen LogP contribution in [0.1, 0.15) is 49.3 Å². The number of carboxylic acid groups (broad SMARTS) is 1. The van der Waals surface area contributed by atoms with Crippen molar-refractivity contribution in [2.75, 3.05) is 6.61 Å². The van der Waals surface area contributed by atoms with Gasteiger partial charge in [-0.3, -0.25) is 24.6 Å². The van der Waals surface area contributed by atoms with E-state index in [4.69, 9.17) is 0 Å². The van der Waals surface area contributed by atoms with Crippen LogP contribution in [0.4, 0.5) is 13.2 Å². The molecule has 1 aliphatic carbocycles. The van der Waals surface area contributed by atoms with Gasteiger partial charge in [0.2, 0.25) is 11.8 Å². The summed E-state index contributed by atoms with van der Waals surface area (Å²) in [5.74, 6) is -5.40. The third kappa shape index (κ3) is 3.32. The Balaban J connectivity index is 1.79. The van der Waals surface area contributed by atoms with E-state index in [9.17, 15) is 37.8 Å². The van der Waals surface area contributed by atoms with Gasteiger partial charge in [-0.1, -0.05) is 31.4 Å². The van der Waals surface area contributed by atoms with Gasteiger partial charge in [0, 0.05) is 12.1 Å². The number of aliphatic hydroxyl groups is 1. The van der Waals surface area contributed by atoms with E-state index in [2.05, 4.69) is 5.32 Å². The minimum absolute atomic E-state index is 0.0491. The second-order valence-electron chi connectivity index (χ2n) is 8.52. The Morgan fingerprint density at radius 3 is 2.42 bits per heavy atom. The molecule has 3 aliphatic rings. The van der Waals surface area contributed by atoms with Crippen LogP contribution in [-0.2, 0) is 20.6 Å². The Bertz CT molecular complexity index is 915. The number of rotatable bonds is 4. The zero-order valence-electron chi connectivity index (χ0n) is 16.6. The second kappa shape index (κ2) is 7.59. The average Bonchev–Trinajstić information content (AvgIpc) is 3.23. The maximum atomic E-state index is 13.4. The first-order valence-electron chi connectivity index (χ1n) is 10.3. The minimum Gasteiger partial charge on any atom is -0.480 e. The van der Waals surface area contributed by atoms with Gasteiger partial charge in [-0.05, 0) is 30.5 Å². The number of hydrogen-bond acceptors (Lipinski definition) is 5. The van der Waals surface area contributed by atoms with Gasteiger partial charge in [0.1, 0.15) is 0 Å². The predicted octanol–water partition coefficient (Wildman–Crippen LogP) is 2.10. The zero-order valence-corrected chi connectivity index (χ0v) is 16.6. The van der Waals surface area contributed by atoms with Gasteiger partial charge in [-0.15, -0.1) is 0 Å². The molecule has 1 saturated carbocycles. The Morgan fingerprint density at radius 1 is 1.16 bits per heavy atom. The molecule has 1 aromatic rings. The minimum atomic E-state index is -4.63. The van der Waals surface area contributed by atoms with Gasteiger partial charge in [0.25, 0.3) is 0 Å². The molecule has 10 heteroatoms. The molecule has 3 N–H and O–H groups in total. The van der Waals surface area contributed by atoms with Crippen molar-refractivity contribution in [3.8, 4) is 0 Å². The van der Waals surface area contributed by atoms with Crippen molar-refractivity contribution in [1.82, 2.24) is 10.2 Å². The molecular weight excluding hydrogens is 417 g/mol. The molecule has 2 heterocycles. The SMILES string of the molecule is O=C1C2C(c3cccc(C(F)(F)F)c3)NC(CO)(C(=O)O)C2C(=O)N1C1CCCCC1. The number of nitrogens with one attached hydrogen (secondary N) is 1. The number of likely N-dealkylation sites (tertiary alicyclic amines) is 1. The normalized spacial score (nSPS) is 31.9. The highest BCUT2D eigenvalue weighted by Gasteiger charge is 2.69. The number of aliphatic carboxylic acids is 1. The lowest BCUT2D eigenvalue weighted by Gasteiger charge is -2.33.